The molecule has 6 heteroatoms. The summed E-state index contributed by atoms with van der Waals surface area (Å²) in [5.74, 6) is 9.82. The first-order valence-corrected chi connectivity index (χ1v) is 10.7. The van der Waals surface area contributed by atoms with Crippen LogP contribution in [-0.4, -0.2) is 63.9 Å². The smallest absolute Gasteiger partial charge is 0.151 e. The maximum absolute atomic E-state index is 6.25. The molecule has 2 aliphatic rings. The van der Waals surface area contributed by atoms with Gasteiger partial charge in [-0.1, -0.05) is 13.8 Å². The molecule has 0 amide bonds. The van der Waals surface area contributed by atoms with Crippen LogP contribution < -0.4 is 5.84 Å². The van der Waals surface area contributed by atoms with E-state index in [0.29, 0.717) is 0 Å². The fourth-order valence-corrected chi connectivity index (χ4v) is 4.60. The van der Waals surface area contributed by atoms with E-state index in [1.807, 2.05) is 0 Å². The number of nitrogens with two attached hydrogens (primary N) is 1. The number of likely N-dealkylation sites (tertiary alicyclic amines) is 2. The maximum atomic E-state index is 6.25. The molecule has 2 N–H and O–H groups in total. The topological polar surface area (TPSA) is 63.2 Å². The lowest BCUT2D eigenvalue weighted by atomic mass is 10.00. The van der Waals surface area contributed by atoms with Gasteiger partial charge in [-0.05, 0) is 76.5 Å². The molecule has 3 heterocycles. The van der Waals surface area contributed by atoms with Gasteiger partial charge in [-0.2, -0.15) is 0 Å². The lowest BCUT2D eigenvalue weighted by molar-refractivity contribution is 0.181. The van der Waals surface area contributed by atoms with Crippen molar-refractivity contribution in [3.05, 3.63) is 11.6 Å². The van der Waals surface area contributed by atoms with E-state index in [-0.39, 0.29) is 0 Å². The van der Waals surface area contributed by atoms with Crippen molar-refractivity contribution in [1.29, 1.82) is 0 Å². The normalized spacial score (nSPS) is 25.6. The number of nitrogens with zero attached hydrogens (tertiary/aromatic N) is 5. The van der Waals surface area contributed by atoms with E-state index in [9.17, 15) is 0 Å². The second-order valence-corrected chi connectivity index (χ2v) is 8.71. The van der Waals surface area contributed by atoms with Crippen LogP contribution in [0.2, 0.25) is 0 Å². The Balaban J connectivity index is 1.37. The summed E-state index contributed by atoms with van der Waals surface area (Å²) in [6.45, 7) is 12.0. The Kier molecular flexibility index (Phi) is 7.32. The zero-order valence-corrected chi connectivity index (χ0v) is 16.9. The second kappa shape index (κ2) is 9.70. The van der Waals surface area contributed by atoms with E-state index in [2.05, 4.69) is 33.8 Å². The molecule has 0 spiro atoms. The SMILES string of the molecule is CC1CCCN(CCCc2nnc(CCCN3CCCC(C)C3)n2N)C1. The predicted octanol–water partition coefficient (Wildman–Crippen LogP) is 2.32. The van der Waals surface area contributed by atoms with Gasteiger partial charge in [-0.15, -0.1) is 10.2 Å². The first-order chi connectivity index (χ1) is 12.6. The van der Waals surface area contributed by atoms with Gasteiger partial charge in [-0.3, -0.25) is 0 Å². The van der Waals surface area contributed by atoms with Crippen LogP contribution in [0.15, 0.2) is 0 Å². The summed E-state index contributed by atoms with van der Waals surface area (Å²) in [6.07, 6.45) is 9.54. The van der Waals surface area contributed by atoms with Crippen molar-refractivity contribution >= 4 is 0 Å². The minimum atomic E-state index is 0.844. The molecule has 2 saturated heterocycles. The van der Waals surface area contributed by atoms with Crippen molar-refractivity contribution in [2.75, 3.05) is 45.1 Å². The summed E-state index contributed by atoms with van der Waals surface area (Å²) in [6, 6.07) is 0. The zero-order chi connectivity index (χ0) is 18.4. The number of nitrogen functional groups attached to an aromatic ring is 1. The van der Waals surface area contributed by atoms with Gasteiger partial charge >= 0.3 is 0 Å². The van der Waals surface area contributed by atoms with Crippen LogP contribution in [0.25, 0.3) is 0 Å². The van der Waals surface area contributed by atoms with E-state index < -0.39 is 0 Å². The third-order valence-electron chi connectivity index (χ3n) is 6.07. The minimum absolute atomic E-state index is 0.844. The van der Waals surface area contributed by atoms with Gasteiger partial charge in [0.25, 0.3) is 0 Å². The summed E-state index contributed by atoms with van der Waals surface area (Å²) in [7, 11) is 0. The summed E-state index contributed by atoms with van der Waals surface area (Å²) < 4.78 is 1.75. The molecule has 2 atom stereocenters. The van der Waals surface area contributed by atoms with Crippen LogP contribution in [0.1, 0.15) is 64.0 Å². The molecule has 2 fully saturated rings. The molecule has 2 aliphatic heterocycles. The van der Waals surface area contributed by atoms with Crippen LogP contribution in [0.4, 0.5) is 0 Å². The highest BCUT2D eigenvalue weighted by Gasteiger charge is 2.18. The van der Waals surface area contributed by atoms with E-state index in [0.717, 1.165) is 62.3 Å². The minimum Gasteiger partial charge on any atom is -0.336 e. The maximum Gasteiger partial charge on any atom is 0.151 e. The number of hydrogen-bond donors (Lipinski definition) is 1. The van der Waals surface area contributed by atoms with E-state index in [1.165, 1.54) is 51.9 Å². The third kappa shape index (κ3) is 5.68. The zero-order valence-electron chi connectivity index (χ0n) is 16.9. The number of aromatic nitrogens is 3. The van der Waals surface area contributed by atoms with Gasteiger partial charge in [0.05, 0.1) is 0 Å². The highest BCUT2D eigenvalue weighted by atomic mass is 15.4. The molecular formula is C20H38N6. The average molecular weight is 363 g/mol. The van der Waals surface area contributed by atoms with Gasteiger partial charge in [0.15, 0.2) is 11.6 Å². The molecule has 0 aromatic carbocycles. The molecule has 6 nitrogen and oxygen atoms in total. The monoisotopic (exact) mass is 362 g/mol. The first-order valence-electron chi connectivity index (χ1n) is 10.7. The first kappa shape index (κ1) is 19.6. The Bertz CT molecular complexity index is 497. The van der Waals surface area contributed by atoms with E-state index in [4.69, 9.17) is 5.84 Å². The molecule has 148 valence electrons. The van der Waals surface area contributed by atoms with Gasteiger partial charge < -0.3 is 15.6 Å². The summed E-state index contributed by atoms with van der Waals surface area (Å²) in [4.78, 5) is 5.18. The summed E-state index contributed by atoms with van der Waals surface area (Å²) in [5, 5.41) is 8.69. The standard InChI is InChI=1S/C20H38N6/c1-17-7-3-11-24(15-17)13-5-9-19-22-23-20(26(19)21)10-6-14-25-12-4-8-18(2)16-25/h17-18H,3-16,21H2,1-2H3. The van der Waals surface area contributed by atoms with Crippen LogP contribution in [0.3, 0.4) is 0 Å². The van der Waals surface area contributed by atoms with E-state index >= 15 is 0 Å². The van der Waals surface area contributed by atoms with Crippen molar-refractivity contribution < 1.29 is 0 Å². The van der Waals surface area contributed by atoms with Crippen LogP contribution in [0, 0.1) is 11.8 Å². The predicted molar refractivity (Wildman–Crippen MR) is 106 cm³/mol. The fraction of sp³-hybridized carbons (Fsp3) is 0.900. The number of piperidine rings is 2. The fourth-order valence-electron chi connectivity index (χ4n) is 4.60. The Morgan fingerprint density at radius 2 is 1.31 bits per heavy atom. The van der Waals surface area contributed by atoms with E-state index in [1.54, 1.807) is 4.68 Å². The van der Waals surface area contributed by atoms with Crippen molar-refractivity contribution in [2.24, 2.45) is 11.8 Å². The van der Waals surface area contributed by atoms with Crippen LogP contribution in [-0.2, 0) is 12.8 Å². The third-order valence-corrected chi connectivity index (χ3v) is 6.07. The highest BCUT2D eigenvalue weighted by Crippen LogP contribution is 2.17. The van der Waals surface area contributed by atoms with Gasteiger partial charge in [0.2, 0.25) is 0 Å². The van der Waals surface area contributed by atoms with Crippen molar-refractivity contribution in [1.82, 2.24) is 24.7 Å². The van der Waals surface area contributed by atoms with Gasteiger partial charge in [-0.25, -0.2) is 4.68 Å². The molecule has 26 heavy (non-hydrogen) atoms. The molecule has 0 aliphatic carbocycles. The van der Waals surface area contributed by atoms with Crippen molar-refractivity contribution in [3.63, 3.8) is 0 Å². The van der Waals surface area contributed by atoms with Gasteiger partial charge in [0, 0.05) is 25.9 Å². The Labute approximate surface area is 159 Å². The summed E-state index contributed by atoms with van der Waals surface area (Å²) >= 11 is 0. The lowest BCUT2D eigenvalue weighted by Crippen LogP contribution is -2.35. The molecule has 0 bridgehead atoms. The quantitative estimate of drug-likeness (QED) is 0.719. The second-order valence-electron chi connectivity index (χ2n) is 8.71. The van der Waals surface area contributed by atoms with Crippen molar-refractivity contribution in [2.45, 2.75) is 65.2 Å². The molecule has 0 saturated carbocycles. The molecule has 1 aromatic rings. The Morgan fingerprint density at radius 1 is 0.846 bits per heavy atom. The van der Waals surface area contributed by atoms with Crippen molar-refractivity contribution in [3.8, 4) is 0 Å². The Morgan fingerprint density at radius 3 is 1.73 bits per heavy atom. The summed E-state index contributed by atoms with van der Waals surface area (Å²) in [5.41, 5.74) is 0. The van der Waals surface area contributed by atoms with Gasteiger partial charge in [0.1, 0.15) is 0 Å². The Hall–Kier alpha value is -1.14. The number of rotatable bonds is 8. The molecule has 2 unspecified atom stereocenters. The highest BCUT2D eigenvalue weighted by molar-refractivity contribution is 4.96. The molecule has 0 radical (unpaired) electrons. The molecule has 3 rings (SSSR count). The largest absolute Gasteiger partial charge is 0.336 e. The average Bonchev–Trinajstić information content (AvgIpc) is 2.96. The number of aryl methyl sites for hydroxylation is 2. The number of hydrogen-bond acceptors (Lipinski definition) is 5. The molecule has 1 aromatic heterocycles. The van der Waals surface area contributed by atoms with Crippen LogP contribution >= 0.6 is 0 Å². The lowest BCUT2D eigenvalue weighted by Gasteiger charge is -2.30. The molecular weight excluding hydrogens is 324 g/mol. The van der Waals surface area contributed by atoms with Crippen LogP contribution in [0.5, 0.6) is 0 Å².